The Morgan fingerprint density at radius 3 is 2.73 bits per heavy atom. The average molecular weight is 315 g/mol. The molecule has 0 aliphatic carbocycles. The lowest BCUT2D eigenvalue weighted by Gasteiger charge is -2.22. The minimum atomic E-state index is -0.541. The van der Waals surface area contributed by atoms with E-state index in [1.165, 1.54) is 0 Å². The second-order valence-electron chi connectivity index (χ2n) is 6.56. The van der Waals surface area contributed by atoms with Crippen molar-refractivity contribution < 1.29 is 14.6 Å². The Labute approximate surface area is 134 Å². The molecule has 1 aliphatic rings. The van der Waals surface area contributed by atoms with Crippen LogP contribution in [0, 0.1) is 5.92 Å². The monoisotopic (exact) mass is 315 g/mol. The van der Waals surface area contributed by atoms with Gasteiger partial charge in [-0.15, -0.1) is 0 Å². The van der Waals surface area contributed by atoms with Crippen LogP contribution in [-0.2, 0) is 9.47 Å². The predicted octanol–water partition coefficient (Wildman–Crippen LogP) is 1.14. The molecule has 1 fully saturated rings. The number of aliphatic hydroxyl groups excluding tert-OH is 1. The molecule has 0 radical (unpaired) electrons. The standard InChI is InChI=1S/C16H33N3O3/c1-5-17-15(19-12-16(4)7-6-8-22-16)18-9-14(20)11-21-10-13(2)3/h13-14,20H,5-12H2,1-4H3,(H2,17,18,19). The van der Waals surface area contributed by atoms with Crippen LogP contribution in [0.3, 0.4) is 0 Å². The topological polar surface area (TPSA) is 75.1 Å². The highest BCUT2D eigenvalue weighted by molar-refractivity contribution is 5.79. The quantitative estimate of drug-likeness (QED) is 0.439. The molecular weight excluding hydrogens is 282 g/mol. The first-order chi connectivity index (χ1) is 10.4. The van der Waals surface area contributed by atoms with E-state index in [-0.39, 0.29) is 5.60 Å². The first kappa shape index (κ1) is 19.2. The van der Waals surface area contributed by atoms with E-state index in [1.807, 2.05) is 6.92 Å². The fraction of sp³-hybridized carbons (Fsp3) is 0.938. The van der Waals surface area contributed by atoms with Gasteiger partial charge in [-0.2, -0.15) is 0 Å². The van der Waals surface area contributed by atoms with E-state index in [0.29, 0.717) is 38.2 Å². The average Bonchev–Trinajstić information content (AvgIpc) is 2.89. The van der Waals surface area contributed by atoms with Crippen molar-refractivity contribution in [1.82, 2.24) is 10.6 Å². The lowest BCUT2D eigenvalue weighted by atomic mass is 10.0. The molecule has 1 heterocycles. The summed E-state index contributed by atoms with van der Waals surface area (Å²) in [6, 6.07) is 0. The highest BCUT2D eigenvalue weighted by Gasteiger charge is 2.29. The Kier molecular flexibility index (Phi) is 8.75. The van der Waals surface area contributed by atoms with Crippen LogP contribution < -0.4 is 10.6 Å². The third-order valence-corrected chi connectivity index (χ3v) is 3.48. The molecule has 1 aliphatic heterocycles. The SMILES string of the molecule is CCNC(=NCC1(C)CCCO1)NCC(O)COCC(C)C. The van der Waals surface area contributed by atoms with E-state index in [4.69, 9.17) is 9.47 Å². The molecule has 0 aromatic rings. The number of hydrogen-bond donors (Lipinski definition) is 3. The molecule has 3 N–H and O–H groups in total. The summed E-state index contributed by atoms with van der Waals surface area (Å²) in [6.45, 7) is 12.0. The normalized spacial score (nSPS) is 23.8. The van der Waals surface area contributed by atoms with Crippen molar-refractivity contribution in [2.75, 3.05) is 39.5 Å². The molecule has 0 spiro atoms. The molecule has 0 aromatic carbocycles. The smallest absolute Gasteiger partial charge is 0.191 e. The number of aliphatic hydroxyl groups is 1. The van der Waals surface area contributed by atoms with Crippen molar-refractivity contribution in [2.24, 2.45) is 10.9 Å². The predicted molar refractivity (Wildman–Crippen MR) is 89.2 cm³/mol. The van der Waals surface area contributed by atoms with Crippen LogP contribution in [0.15, 0.2) is 4.99 Å². The van der Waals surface area contributed by atoms with E-state index in [2.05, 4.69) is 36.4 Å². The number of nitrogens with one attached hydrogen (secondary N) is 2. The van der Waals surface area contributed by atoms with Gasteiger partial charge < -0.3 is 25.2 Å². The molecule has 22 heavy (non-hydrogen) atoms. The summed E-state index contributed by atoms with van der Waals surface area (Å²) < 4.78 is 11.2. The Bertz CT molecular complexity index is 329. The Hall–Kier alpha value is -0.850. The zero-order valence-electron chi connectivity index (χ0n) is 14.5. The number of ether oxygens (including phenoxy) is 2. The zero-order chi connectivity index (χ0) is 16.4. The summed E-state index contributed by atoms with van der Waals surface area (Å²) in [5.74, 6) is 1.19. The summed E-state index contributed by atoms with van der Waals surface area (Å²) in [4.78, 5) is 4.57. The molecule has 0 aromatic heterocycles. The Morgan fingerprint density at radius 2 is 2.14 bits per heavy atom. The highest BCUT2D eigenvalue weighted by Crippen LogP contribution is 2.24. The first-order valence-corrected chi connectivity index (χ1v) is 8.37. The molecule has 1 saturated heterocycles. The molecule has 130 valence electrons. The summed E-state index contributed by atoms with van der Waals surface area (Å²) in [5.41, 5.74) is -0.151. The maximum atomic E-state index is 9.91. The van der Waals surface area contributed by atoms with Gasteiger partial charge in [0, 0.05) is 26.3 Å². The number of rotatable bonds is 9. The molecule has 2 unspecified atom stereocenters. The molecule has 0 saturated carbocycles. The fourth-order valence-electron chi connectivity index (χ4n) is 2.26. The number of nitrogens with zero attached hydrogens (tertiary/aromatic N) is 1. The van der Waals surface area contributed by atoms with Gasteiger partial charge in [0.2, 0.25) is 0 Å². The Morgan fingerprint density at radius 1 is 1.36 bits per heavy atom. The summed E-state index contributed by atoms with van der Waals surface area (Å²) in [7, 11) is 0. The van der Waals surface area contributed by atoms with Gasteiger partial charge in [-0.1, -0.05) is 13.8 Å². The van der Waals surface area contributed by atoms with Crippen molar-refractivity contribution in [3.63, 3.8) is 0 Å². The van der Waals surface area contributed by atoms with E-state index >= 15 is 0 Å². The maximum Gasteiger partial charge on any atom is 0.191 e. The number of hydrogen-bond acceptors (Lipinski definition) is 4. The van der Waals surface area contributed by atoms with Crippen molar-refractivity contribution in [1.29, 1.82) is 0 Å². The van der Waals surface area contributed by atoms with Gasteiger partial charge in [0.1, 0.15) is 0 Å². The van der Waals surface area contributed by atoms with Crippen LogP contribution in [0.4, 0.5) is 0 Å². The van der Waals surface area contributed by atoms with E-state index < -0.39 is 6.10 Å². The van der Waals surface area contributed by atoms with Crippen LogP contribution in [-0.4, -0.2) is 62.2 Å². The molecule has 0 bridgehead atoms. The molecule has 1 rings (SSSR count). The summed E-state index contributed by atoms with van der Waals surface area (Å²) in [6.07, 6.45) is 1.60. The molecule has 6 nitrogen and oxygen atoms in total. The van der Waals surface area contributed by atoms with Crippen molar-refractivity contribution in [2.45, 2.75) is 52.2 Å². The summed E-state index contributed by atoms with van der Waals surface area (Å²) in [5, 5.41) is 16.3. The van der Waals surface area contributed by atoms with Gasteiger partial charge in [-0.25, -0.2) is 0 Å². The maximum absolute atomic E-state index is 9.91. The fourth-order valence-corrected chi connectivity index (χ4v) is 2.26. The van der Waals surface area contributed by atoms with Crippen LogP contribution in [0.2, 0.25) is 0 Å². The van der Waals surface area contributed by atoms with Gasteiger partial charge in [0.15, 0.2) is 5.96 Å². The minimum Gasteiger partial charge on any atom is -0.389 e. The van der Waals surface area contributed by atoms with E-state index in [9.17, 15) is 5.11 Å². The summed E-state index contributed by atoms with van der Waals surface area (Å²) >= 11 is 0. The molecule has 6 heteroatoms. The van der Waals surface area contributed by atoms with Crippen molar-refractivity contribution in [3.05, 3.63) is 0 Å². The lowest BCUT2D eigenvalue weighted by Crippen LogP contribution is -2.43. The van der Waals surface area contributed by atoms with Gasteiger partial charge in [-0.05, 0) is 32.6 Å². The van der Waals surface area contributed by atoms with Gasteiger partial charge >= 0.3 is 0 Å². The van der Waals surface area contributed by atoms with E-state index in [1.54, 1.807) is 0 Å². The van der Waals surface area contributed by atoms with Crippen LogP contribution in [0.25, 0.3) is 0 Å². The van der Waals surface area contributed by atoms with E-state index in [0.717, 1.165) is 26.0 Å². The van der Waals surface area contributed by atoms with Gasteiger partial charge in [-0.3, -0.25) is 4.99 Å². The second-order valence-corrected chi connectivity index (χ2v) is 6.56. The van der Waals surface area contributed by atoms with Crippen molar-refractivity contribution >= 4 is 5.96 Å². The van der Waals surface area contributed by atoms with Crippen LogP contribution in [0.5, 0.6) is 0 Å². The largest absolute Gasteiger partial charge is 0.389 e. The lowest BCUT2D eigenvalue weighted by molar-refractivity contribution is 0.0269. The van der Waals surface area contributed by atoms with Gasteiger partial charge in [0.25, 0.3) is 0 Å². The Balaban J connectivity index is 2.33. The molecule has 2 atom stereocenters. The first-order valence-electron chi connectivity index (χ1n) is 8.37. The van der Waals surface area contributed by atoms with Crippen LogP contribution >= 0.6 is 0 Å². The third-order valence-electron chi connectivity index (χ3n) is 3.48. The molecular formula is C16H33N3O3. The second kappa shape index (κ2) is 10.0. The van der Waals surface area contributed by atoms with Crippen LogP contribution in [0.1, 0.15) is 40.5 Å². The third kappa shape index (κ3) is 7.96. The zero-order valence-corrected chi connectivity index (χ0v) is 14.5. The highest BCUT2D eigenvalue weighted by atomic mass is 16.5. The molecule has 0 amide bonds. The minimum absolute atomic E-state index is 0.151. The number of guanidine groups is 1. The number of aliphatic imine (C=N–C) groups is 1. The van der Waals surface area contributed by atoms with Gasteiger partial charge in [0.05, 0.1) is 24.9 Å². The van der Waals surface area contributed by atoms with Crippen molar-refractivity contribution in [3.8, 4) is 0 Å².